The third kappa shape index (κ3) is 1.76. The predicted octanol–water partition coefficient (Wildman–Crippen LogP) is 2.62. The van der Waals surface area contributed by atoms with Crippen molar-refractivity contribution < 1.29 is 8.78 Å². The molecule has 6 heteroatoms. The summed E-state index contributed by atoms with van der Waals surface area (Å²) in [7, 11) is 0. The van der Waals surface area contributed by atoms with E-state index < -0.39 is 17.7 Å². The molecule has 0 aliphatic rings. The Balaban J connectivity index is 3.38. The first-order valence-electron chi connectivity index (χ1n) is 2.88. The first-order valence-corrected chi connectivity index (χ1v) is 3.64. The molecule has 1 rings (SSSR count). The molecule has 12 heavy (non-hydrogen) atoms. The van der Waals surface area contributed by atoms with Crippen LogP contribution in [0.3, 0.4) is 0 Å². The number of aromatic nitrogens is 1. The van der Waals surface area contributed by atoms with E-state index in [1.165, 1.54) is 0 Å². The second kappa shape index (κ2) is 3.41. The Labute approximate surface area is 76.1 Å². The first-order chi connectivity index (χ1) is 5.52. The highest BCUT2D eigenvalue weighted by Gasteiger charge is 2.15. The van der Waals surface area contributed by atoms with E-state index in [4.69, 9.17) is 23.2 Å². The molecule has 1 heterocycles. The van der Waals surface area contributed by atoms with Crippen LogP contribution in [0, 0.1) is 0 Å². The predicted molar refractivity (Wildman–Crippen MR) is 42.0 cm³/mol. The van der Waals surface area contributed by atoms with Crippen LogP contribution in [-0.2, 0) is 0 Å². The summed E-state index contributed by atoms with van der Waals surface area (Å²) < 4.78 is 24.1. The van der Waals surface area contributed by atoms with Crippen LogP contribution in [0.4, 0.5) is 8.78 Å². The number of hydrogen-bond acceptors (Lipinski definition) is 1. The minimum Gasteiger partial charge on any atom is -0.320 e. The number of H-pyrrole nitrogens is 1. The lowest BCUT2D eigenvalue weighted by Gasteiger charge is -2.02. The van der Waals surface area contributed by atoms with Crippen LogP contribution < -0.4 is 5.56 Å². The SMILES string of the molecule is O=c1cc(Cl)c(Cl)c(C(F)F)[nH]1. The Morgan fingerprint density at radius 3 is 2.50 bits per heavy atom. The molecular weight excluding hydrogens is 211 g/mol. The van der Waals surface area contributed by atoms with Gasteiger partial charge in [0.15, 0.2) is 0 Å². The Morgan fingerprint density at radius 1 is 1.42 bits per heavy atom. The van der Waals surface area contributed by atoms with Crippen molar-refractivity contribution in [1.29, 1.82) is 0 Å². The van der Waals surface area contributed by atoms with Gasteiger partial charge in [-0.05, 0) is 0 Å². The summed E-state index contributed by atoms with van der Waals surface area (Å²) in [6, 6.07) is 0.940. The number of alkyl halides is 2. The standard InChI is InChI=1S/C6H3Cl2F2NO/c7-2-1-3(12)11-5(4(2)8)6(9)10/h1,6H,(H,11,12). The fourth-order valence-corrected chi connectivity index (χ4v) is 1.07. The molecule has 0 aliphatic carbocycles. The van der Waals surface area contributed by atoms with E-state index in [1.807, 2.05) is 4.98 Å². The van der Waals surface area contributed by atoms with Gasteiger partial charge in [0.1, 0.15) is 5.69 Å². The van der Waals surface area contributed by atoms with Crippen LogP contribution in [0.5, 0.6) is 0 Å². The molecule has 0 radical (unpaired) electrons. The lowest BCUT2D eigenvalue weighted by atomic mass is 10.3. The maximum Gasteiger partial charge on any atom is 0.279 e. The molecule has 1 aromatic heterocycles. The van der Waals surface area contributed by atoms with Gasteiger partial charge in [-0.25, -0.2) is 8.78 Å². The minimum absolute atomic E-state index is 0.171. The van der Waals surface area contributed by atoms with Gasteiger partial charge in [-0.3, -0.25) is 4.79 Å². The van der Waals surface area contributed by atoms with Gasteiger partial charge >= 0.3 is 0 Å². The van der Waals surface area contributed by atoms with E-state index in [-0.39, 0.29) is 10.0 Å². The van der Waals surface area contributed by atoms with E-state index in [9.17, 15) is 13.6 Å². The van der Waals surface area contributed by atoms with Gasteiger partial charge in [-0.15, -0.1) is 0 Å². The molecule has 66 valence electrons. The van der Waals surface area contributed by atoms with Crippen LogP contribution >= 0.6 is 23.2 Å². The molecular formula is C6H3Cl2F2NO. The quantitative estimate of drug-likeness (QED) is 0.765. The molecule has 2 nitrogen and oxygen atoms in total. The van der Waals surface area contributed by atoms with Crippen molar-refractivity contribution in [3.05, 3.63) is 32.2 Å². The fourth-order valence-electron chi connectivity index (χ4n) is 0.681. The zero-order valence-electron chi connectivity index (χ0n) is 5.57. The summed E-state index contributed by atoms with van der Waals surface area (Å²) in [4.78, 5) is 12.5. The largest absolute Gasteiger partial charge is 0.320 e. The molecule has 0 unspecified atom stereocenters. The van der Waals surface area contributed by atoms with Crippen molar-refractivity contribution in [2.45, 2.75) is 6.43 Å². The molecule has 1 N–H and O–H groups in total. The summed E-state index contributed by atoms with van der Waals surface area (Å²) in [5.74, 6) is 0. The molecule has 0 atom stereocenters. The lowest BCUT2D eigenvalue weighted by molar-refractivity contribution is 0.146. The number of nitrogens with one attached hydrogen (secondary N) is 1. The smallest absolute Gasteiger partial charge is 0.279 e. The summed E-state index contributed by atoms with van der Waals surface area (Å²) in [5.41, 5.74) is -1.34. The highest BCUT2D eigenvalue weighted by molar-refractivity contribution is 6.42. The Kier molecular flexibility index (Phi) is 2.69. The van der Waals surface area contributed by atoms with Crippen molar-refractivity contribution in [2.24, 2.45) is 0 Å². The van der Waals surface area contributed by atoms with Crippen molar-refractivity contribution >= 4 is 23.2 Å². The Bertz CT molecular complexity index is 350. The second-order valence-electron chi connectivity index (χ2n) is 2.01. The maximum atomic E-state index is 12.1. The minimum atomic E-state index is -2.83. The first kappa shape index (κ1) is 9.48. The van der Waals surface area contributed by atoms with Gasteiger partial charge in [0.2, 0.25) is 5.56 Å². The third-order valence-electron chi connectivity index (χ3n) is 1.18. The number of aromatic amines is 1. The normalized spacial score (nSPS) is 10.8. The van der Waals surface area contributed by atoms with Crippen LogP contribution in [0.1, 0.15) is 12.1 Å². The zero-order chi connectivity index (χ0) is 9.30. The lowest BCUT2D eigenvalue weighted by Crippen LogP contribution is -2.08. The highest BCUT2D eigenvalue weighted by atomic mass is 35.5. The molecule has 0 fully saturated rings. The average molecular weight is 214 g/mol. The molecule has 0 amide bonds. The maximum absolute atomic E-state index is 12.1. The van der Waals surface area contributed by atoms with Gasteiger partial charge in [0.05, 0.1) is 10.0 Å². The van der Waals surface area contributed by atoms with Gasteiger partial charge in [0, 0.05) is 6.07 Å². The monoisotopic (exact) mass is 213 g/mol. The molecule has 0 bridgehead atoms. The molecule has 0 saturated heterocycles. The van der Waals surface area contributed by atoms with Gasteiger partial charge in [-0.2, -0.15) is 0 Å². The summed E-state index contributed by atoms with van der Waals surface area (Å²) in [6.07, 6.45) is -2.83. The molecule has 0 aliphatic heterocycles. The van der Waals surface area contributed by atoms with Gasteiger partial charge < -0.3 is 4.98 Å². The molecule has 1 aromatic rings. The molecule has 0 spiro atoms. The Hall–Kier alpha value is -0.610. The molecule has 0 aromatic carbocycles. The van der Waals surface area contributed by atoms with Crippen LogP contribution in [-0.4, -0.2) is 4.98 Å². The summed E-state index contributed by atoms with van der Waals surface area (Å²) in [6.45, 7) is 0. The summed E-state index contributed by atoms with van der Waals surface area (Å²) in [5, 5.41) is -0.484. The van der Waals surface area contributed by atoms with E-state index in [0.717, 1.165) is 6.07 Å². The topological polar surface area (TPSA) is 32.9 Å². The van der Waals surface area contributed by atoms with Crippen molar-refractivity contribution in [2.75, 3.05) is 0 Å². The van der Waals surface area contributed by atoms with Gasteiger partial charge in [0.25, 0.3) is 6.43 Å². The fraction of sp³-hybridized carbons (Fsp3) is 0.167. The highest BCUT2D eigenvalue weighted by Crippen LogP contribution is 2.28. The molecule has 0 saturated carbocycles. The van der Waals surface area contributed by atoms with Crippen molar-refractivity contribution in [3.63, 3.8) is 0 Å². The van der Waals surface area contributed by atoms with Crippen LogP contribution in [0.15, 0.2) is 10.9 Å². The van der Waals surface area contributed by atoms with E-state index >= 15 is 0 Å². The van der Waals surface area contributed by atoms with Crippen molar-refractivity contribution in [1.82, 2.24) is 4.98 Å². The zero-order valence-corrected chi connectivity index (χ0v) is 7.09. The van der Waals surface area contributed by atoms with E-state index in [1.54, 1.807) is 0 Å². The van der Waals surface area contributed by atoms with Crippen molar-refractivity contribution in [3.8, 4) is 0 Å². The number of hydrogen-bond donors (Lipinski definition) is 1. The Morgan fingerprint density at radius 2 is 2.00 bits per heavy atom. The number of halogens is 4. The summed E-state index contributed by atoms with van der Waals surface area (Å²) >= 11 is 10.8. The number of rotatable bonds is 1. The van der Waals surface area contributed by atoms with Gasteiger partial charge in [-0.1, -0.05) is 23.2 Å². The second-order valence-corrected chi connectivity index (χ2v) is 2.80. The van der Waals surface area contributed by atoms with Crippen LogP contribution in [0.2, 0.25) is 10.0 Å². The van der Waals surface area contributed by atoms with E-state index in [2.05, 4.69) is 0 Å². The third-order valence-corrected chi connectivity index (χ3v) is 1.98. The number of pyridine rings is 1. The van der Waals surface area contributed by atoms with E-state index in [0.29, 0.717) is 0 Å². The average Bonchev–Trinajstić information content (AvgIpc) is 1.96. The van der Waals surface area contributed by atoms with Crippen LogP contribution in [0.25, 0.3) is 0 Å².